The standard InChI is InChI=1S/C27H26BrIN2O6S/c1-6-36-26(34)22-14(4)30-27-31(23(22)15-7-8-19(37-13(2)3)20(10-15)35-5)25(33)21(38-27)11-16-9-17(28)12-18(29)24(16)32/h7-13,23,32H,6H2,1-5H3/b21-11+/t23-/m0/s1. The molecule has 0 saturated heterocycles. The quantitative estimate of drug-likeness (QED) is 0.283. The van der Waals surface area contributed by atoms with Crippen molar-refractivity contribution in [2.45, 2.75) is 39.8 Å². The maximum absolute atomic E-state index is 13.8. The summed E-state index contributed by atoms with van der Waals surface area (Å²) in [5.74, 6) is 0.556. The topological polar surface area (TPSA) is 99.4 Å². The van der Waals surface area contributed by atoms with Crippen LogP contribution in [0.2, 0.25) is 0 Å². The summed E-state index contributed by atoms with van der Waals surface area (Å²) in [6.07, 6.45) is 1.56. The molecular weight excluding hydrogens is 687 g/mol. The van der Waals surface area contributed by atoms with Crippen molar-refractivity contribution in [1.29, 1.82) is 0 Å². The van der Waals surface area contributed by atoms with E-state index in [2.05, 4.69) is 20.9 Å². The molecule has 0 spiro atoms. The van der Waals surface area contributed by atoms with Crippen LogP contribution in [0.3, 0.4) is 0 Å². The van der Waals surface area contributed by atoms with Crippen LogP contribution in [-0.2, 0) is 9.53 Å². The number of phenols is 1. The first-order valence-corrected chi connectivity index (χ1v) is 14.5. The zero-order valence-corrected chi connectivity index (χ0v) is 25.9. The van der Waals surface area contributed by atoms with Gasteiger partial charge >= 0.3 is 5.97 Å². The van der Waals surface area contributed by atoms with Crippen LogP contribution in [0.1, 0.15) is 44.9 Å². The van der Waals surface area contributed by atoms with Crippen molar-refractivity contribution in [2.24, 2.45) is 4.99 Å². The number of rotatable bonds is 7. The van der Waals surface area contributed by atoms with Gasteiger partial charge in [-0.1, -0.05) is 33.3 Å². The molecule has 0 fully saturated rings. The van der Waals surface area contributed by atoms with Crippen LogP contribution in [-0.4, -0.2) is 35.5 Å². The highest BCUT2D eigenvalue weighted by atomic mass is 127. The van der Waals surface area contributed by atoms with Gasteiger partial charge < -0.3 is 19.3 Å². The lowest BCUT2D eigenvalue weighted by atomic mass is 9.95. The van der Waals surface area contributed by atoms with Crippen molar-refractivity contribution in [3.8, 4) is 17.2 Å². The van der Waals surface area contributed by atoms with E-state index in [4.69, 9.17) is 14.2 Å². The first-order chi connectivity index (χ1) is 18.0. The molecule has 8 nitrogen and oxygen atoms in total. The van der Waals surface area contributed by atoms with Crippen molar-refractivity contribution in [1.82, 2.24) is 4.57 Å². The normalized spacial score (nSPS) is 15.4. The lowest BCUT2D eigenvalue weighted by Gasteiger charge is -2.25. The highest BCUT2D eigenvalue weighted by molar-refractivity contribution is 14.1. The van der Waals surface area contributed by atoms with Crippen LogP contribution < -0.4 is 24.4 Å². The monoisotopic (exact) mass is 712 g/mol. The molecule has 1 N–H and O–H groups in total. The molecule has 1 atom stereocenters. The third-order valence-electron chi connectivity index (χ3n) is 5.73. The van der Waals surface area contributed by atoms with Crippen LogP contribution in [0, 0.1) is 3.57 Å². The first kappa shape index (κ1) is 28.4. The molecule has 38 heavy (non-hydrogen) atoms. The molecule has 0 unspecified atom stereocenters. The Morgan fingerprint density at radius 3 is 2.68 bits per heavy atom. The first-order valence-electron chi connectivity index (χ1n) is 11.8. The molecule has 0 saturated carbocycles. The Morgan fingerprint density at radius 2 is 2.03 bits per heavy atom. The summed E-state index contributed by atoms with van der Waals surface area (Å²) in [6, 6.07) is 8.06. The van der Waals surface area contributed by atoms with Crippen LogP contribution in [0.5, 0.6) is 17.2 Å². The summed E-state index contributed by atoms with van der Waals surface area (Å²) in [5.41, 5.74) is 1.52. The molecule has 3 aromatic rings. The van der Waals surface area contributed by atoms with Gasteiger partial charge in [0.05, 0.1) is 45.2 Å². The van der Waals surface area contributed by atoms with E-state index in [1.807, 2.05) is 42.5 Å². The number of thiazole rings is 1. The molecule has 1 aliphatic heterocycles. The maximum Gasteiger partial charge on any atom is 0.338 e. The molecule has 200 valence electrons. The number of methoxy groups -OCH3 is 1. The van der Waals surface area contributed by atoms with Crippen molar-refractivity contribution in [3.63, 3.8) is 0 Å². The van der Waals surface area contributed by atoms with Gasteiger partial charge in [-0.3, -0.25) is 9.36 Å². The van der Waals surface area contributed by atoms with Crippen LogP contribution in [0.4, 0.5) is 0 Å². The molecule has 4 rings (SSSR count). The van der Waals surface area contributed by atoms with Gasteiger partial charge in [-0.15, -0.1) is 0 Å². The van der Waals surface area contributed by atoms with Crippen molar-refractivity contribution >= 4 is 61.9 Å². The molecule has 0 radical (unpaired) electrons. The van der Waals surface area contributed by atoms with Gasteiger partial charge in [0.1, 0.15) is 5.75 Å². The predicted molar refractivity (Wildman–Crippen MR) is 158 cm³/mol. The fourth-order valence-corrected chi connectivity index (χ4v) is 6.74. The fraction of sp³-hybridized carbons (Fsp3) is 0.296. The SMILES string of the molecule is CCOC(=O)C1=C(C)N=c2s/c(=C/c3cc(Br)cc(I)c3O)c(=O)n2[C@H]1c1ccc(OC(C)C)c(OC)c1. The third-order valence-corrected chi connectivity index (χ3v) is 7.99. The lowest BCUT2D eigenvalue weighted by Crippen LogP contribution is -2.40. The predicted octanol–water partition coefficient (Wildman–Crippen LogP) is 4.67. The Balaban J connectivity index is 1.97. The summed E-state index contributed by atoms with van der Waals surface area (Å²) in [6.45, 7) is 7.47. The van der Waals surface area contributed by atoms with Crippen LogP contribution >= 0.6 is 49.9 Å². The number of nitrogens with zero attached hydrogens (tertiary/aromatic N) is 2. The second-order valence-corrected chi connectivity index (χ2v) is 11.8. The zero-order chi connectivity index (χ0) is 27.7. The van der Waals surface area contributed by atoms with Gasteiger partial charge in [0.15, 0.2) is 16.3 Å². The Kier molecular flexibility index (Phi) is 8.68. The van der Waals surface area contributed by atoms with E-state index in [1.165, 1.54) is 23.0 Å². The van der Waals surface area contributed by atoms with Gasteiger partial charge in [-0.2, -0.15) is 0 Å². The third kappa shape index (κ3) is 5.55. The number of esters is 1. The number of fused-ring (bicyclic) bond motifs is 1. The van der Waals surface area contributed by atoms with Crippen molar-refractivity contribution < 1.29 is 24.1 Å². The Bertz CT molecular complexity index is 1630. The Hall–Kier alpha value is -2.64. The van der Waals surface area contributed by atoms with E-state index in [9.17, 15) is 14.7 Å². The number of allylic oxidation sites excluding steroid dienone is 1. The number of hydrogen-bond acceptors (Lipinski definition) is 8. The van der Waals surface area contributed by atoms with E-state index in [1.54, 1.807) is 44.2 Å². The van der Waals surface area contributed by atoms with E-state index in [0.29, 0.717) is 41.2 Å². The summed E-state index contributed by atoms with van der Waals surface area (Å²) < 4.78 is 20.1. The largest absolute Gasteiger partial charge is 0.506 e. The molecular formula is C27H26BrIN2O6S. The molecule has 1 aliphatic rings. The average Bonchev–Trinajstić information content (AvgIpc) is 3.15. The van der Waals surface area contributed by atoms with Gasteiger partial charge in [-0.05, 0) is 86.2 Å². The Labute approximate surface area is 245 Å². The number of aromatic hydroxyl groups is 1. The second kappa shape index (κ2) is 11.6. The number of ether oxygens (including phenoxy) is 3. The Morgan fingerprint density at radius 1 is 1.29 bits per heavy atom. The highest BCUT2D eigenvalue weighted by Gasteiger charge is 2.34. The van der Waals surface area contributed by atoms with Crippen molar-refractivity contribution in [3.05, 3.63) is 80.5 Å². The second-order valence-electron chi connectivity index (χ2n) is 8.70. The molecule has 2 aromatic carbocycles. The smallest absolute Gasteiger partial charge is 0.338 e. The number of halogens is 2. The summed E-state index contributed by atoms with van der Waals surface area (Å²) in [7, 11) is 1.54. The number of aromatic nitrogens is 1. The van der Waals surface area contributed by atoms with Crippen molar-refractivity contribution in [2.75, 3.05) is 13.7 Å². The summed E-state index contributed by atoms with van der Waals surface area (Å²) in [4.78, 5) is 32.0. The number of benzene rings is 2. The fourth-order valence-electron chi connectivity index (χ4n) is 4.15. The number of carbonyl (C=O) groups excluding carboxylic acids is 1. The molecule has 0 amide bonds. The number of carbonyl (C=O) groups is 1. The molecule has 0 bridgehead atoms. The zero-order valence-electron chi connectivity index (χ0n) is 21.4. The average molecular weight is 713 g/mol. The van der Waals surface area contributed by atoms with E-state index in [0.717, 1.165) is 4.47 Å². The van der Waals surface area contributed by atoms with E-state index in [-0.39, 0.29) is 29.6 Å². The molecule has 2 heterocycles. The van der Waals surface area contributed by atoms with E-state index < -0.39 is 12.0 Å². The minimum Gasteiger partial charge on any atom is -0.506 e. The van der Waals surface area contributed by atoms with E-state index >= 15 is 0 Å². The lowest BCUT2D eigenvalue weighted by molar-refractivity contribution is -0.139. The van der Waals surface area contributed by atoms with Gasteiger partial charge in [0.2, 0.25) is 0 Å². The molecule has 1 aromatic heterocycles. The summed E-state index contributed by atoms with van der Waals surface area (Å²) >= 11 is 6.66. The van der Waals surface area contributed by atoms with Gasteiger partial charge in [0, 0.05) is 10.0 Å². The number of hydrogen-bond donors (Lipinski definition) is 1. The molecule has 11 heteroatoms. The highest BCUT2D eigenvalue weighted by Crippen LogP contribution is 2.36. The number of phenolic OH excluding ortho intramolecular Hbond substituents is 1. The summed E-state index contributed by atoms with van der Waals surface area (Å²) in [5, 5.41) is 10.6. The van der Waals surface area contributed by atoms with Gasteiger partial charge in [-0.25, -0.2) is 9.79 Å². The molecule has 0 aliphatic carbocycles. The minimum absolute atomic E-state index is 0.0674. The van der Waals surface area contributed by atoms with Gasteiger partial charge in [0.25, 0.3) is 5.56 Å². The maximum atomic E-state index is 13.8. The van der Waals surface area contributed by atoms with Crippen LogP contribution in [0.15, 0.2) is 55.9 Å². The van der Waals surface area contributed by atoms with Crippen LogP contribution in [0.25, 0.3) is 6.08 Å². The minimum atomic E-state index is -0.800.